The van der Waals surface area contributed by atoms with Crippen LogP contribution >= 0.6 is 0 Å². The number of aryl methyl sites for hydroxylation is 1. The summed E-state index contributed by atoms with van der Waals surface area (Å²) in [5.41, 5.74) is 3.03. The van der Waals surface area contributed by atoms with Gasteiger partial charge in [0.2, 0.25) is 0 Å². The van der Waals surface area contributed by atoms with E-state index in [4.69, 9.17) is 0 Å². The second-order valence-corrected chi connectivity index (χ2v) is 4.43. The van der Waals surface area contributed by atoms with Gasteiger partial charge in [0.05, 0.1) is 0 Å². The lowest BCUT2D eigenvalue weighted by molar-refractivity contribution is 0.790. The van der Waals surface area contributed by atoms with Crippen molar-refractivity contribution in [2.24, 2.45) is 0 Å². The fraction of sp³-hybridized carbons (Fsp3) is 0.571. The van der Waals surface area contributed by atoms with Crippen molar-refractivity contribution in [3.63, 3.8) is 0 Å². The lowest BCUT2D eigenvalue weighted by Gasteiger charge is -2.21. The summed E-state index contributed by atoms with van der Waals surface area (Å²) >= 11 is 0. The molecule has 1 aliphatic rings. The Morgan fingerprint density at radius 3 is 2.50 bits per heavy atom. The van der Waals surface area contributed by atoms with Gasteiger partial charge in [0.1, 0.15) is 0 Å². The second kappa shape index (κ2) is 6.54. The van der Waals surface area contributed by atoms with Crippen LogP contribution in [0.5, 0.6) is 0 Å². The molecule has 0 spiro atoms. The zero-order chi connectivity index (χ0) is 10.5. The van der Waals surface area contributed by atoms with Crippen LogP contribution in [0.4, 0.5) is 5.69 Å². The molecule has 0 amide bonds. The van der Waals surface area contributed by atoms with Crippen LogP contribution in [0.3, 0.4) is 0 Å². The number of para-hydroxylation sites is 1. The second-order valence-electron chi connectivity index (χ2n) is 4.43. The molecule has 0 aliphatic carbocycles. The van der Waals surface area contributed by atoms with Crippen molar-refractivity contribution in [2.45, 2.75) is 39.0 Å². The summed E-state index contributed by atoms with van der Waals surface area (Å²) in [7, 11) is 0. The maximum Gasteiger partial charge on any atom is 0.0398 e. The topological polar surface area (TPSA) is 38.2 Å². The standard InChI is InChI=1S/C14H21N.H3N/c1-2-3-8-13-9-4-5-10-14(13)15-11-6-7-12-15;/h4-5,9-10H,2-3,6-8,11-12H2,1H3;1H3. The van der Waals surface area contributed by atoms with Crippen LogP contribution in [0, 0.1) is 0 Å². The molecule has 2 nitrogen and oxygen atoms in total. The summed E-state index contributed by atoms with van der Waals surface area (Å²) in [6.45, 7) is 4.77. The first kappa shape index (κ1) is 13.0. The molecule has 0 unspecified atom stereocenters. The van der Waals surface area contributed by atoms with Crippen molar-refractivity contribution in [1.29, 1.82) is 0 Å². The first-order chi connectivity index (χ1) is 7.42. The monoisotopic (exact) mass is 220 g/mol. The third-order valence-corrected chi connectivity index (χ3v) is 3.24. The van der Waals surface area contributed by atoms with Gasteiger partial charge in [0.25, 0.3) is 0 Å². The van der Waals surface area contributed by atoms with E-state index in [0.717, 1.165) is 0 Å². The van der Waals surface area contributed by atoms with E-state index in [2.05, 4.69) is 36.1 Å². The number of rotatable bonds is 4. The van der Waals surface area contributed by atoms with Crippen molar-refractivity contribution in [1.82, 2.24) is 6.15 Å². The Bertz CT molecular complexity index is 303. The normalized spacial score (nSPS) is 14.9. The SMILES string of the molecule is CCCCc1ccccc1N1CCCC1.N. The number of anilines is 1. The van der Waals surface area contributed by atoms with Gasteiger partial charge in [-0.25, -0.2) is 0 Å². The summed E-state index contributed by atoms with van der Waals surface area (Å²) in [6, 6.07) is 8.92. The van der Waals surface area contributed by atoms with Gasteiger partial charge in [-0.05, 0) is 37.3 Å². The van der Waals surface area contributed by atoms with Gasteiger partial charge in [0.15, 0.2) is 0 Å². The van der Waals surface area contributed by atoms with Crippen molar-refractivity contribution in [3.8, 4) is 0 Å². The molecule has 3 N–H and O–H groups in total. The molecule has 2 heteroatoms. The summed E-state index contributed by atoms with van der Waals surface area (Å²) in [4.78, 5) is 2.55. The fourth-order valence-corrected chi connectivity index (χ4v) is 2.36. The Labute approximate surface area is 99.2 Å². The average molecular weight is 220 g/mol. The van der Waals surface area contributed by atoms with Crippen LogP contribution in [0.2, 0.25) is 0 Å². The highest BCUT2D eigenvalue weighted by atomic mass is 15.1. The van der Waals surface area contributed by atoms with E-state index in [0.29, 0.717) is 0 Å². The maximum absolute atomic E-state index is 2.55. The van der Waals surface area contributed by atoms with Crippen molar-refractivity contribution < 1.29 is 0 Å². The van der Waals surface area contributed by atoms with E-state index in [1.54, 1.807) is 5.56 Å². The minimum Gasteiger partial charge on any atom is -0.371 e. The zero-order valence-corrected chi connectivity index (χ0v) is 10.4. The minimum absolute atomic E-state index is 0. The number of unbranched alkanes of at least 4 members (excludes halogenated alkanes) is 1. The number of hydrogen-bond donors (Lipinski definition) is 1. The number of hydrogen-bond acceptors (Lipinski definition) is 2. The van der Waals surface area contributed by atoms with Crippen LogP contribution in [-0.4, -0.2) is 13.1 Å². The maximum atomic E-state index is 2.55. The van der Waals surface area contributed by atoms with Crippen LogP contribution in [0.1, 0.15) is 38.2 Å². The molecule has 0 aromatic heterocycles. The zero-order valence-electron chi connectivity index (χ0n) is 10.4. The molecule has 0 saturated carbocycles. The van der Waals surface area contributed by atoms with Gasteiger partial charge in [-0.2, -0.15) is 0 Å². The Hall–Kier alpha value is -1.02. The highest BCUT2D eigenvalue weighted by Gasteiger charge is 2.14. The molecule has 0 atom stereocenters. The third kappa shape index (κ3) is 2.99. The smallest absolute Gasteiger partial charge is 0.0398 e. The first-order valence-electron chi connectivity index (χ1n) is 6.24. The molecule has 90 valence electrons. The van der Waals surface area contributed by atoms with E-state index in [1.165, 1.54) is 50.9 Å². The number of benzene rings is 1. The molecule has 0 radical (unpaired) electrons. The Morgan fingerprint density at radius 2 is 1.81 bits per heavy atom. The first-order valence-corrected chi connectivity index (χ1v) is 6.24. The quantitative estimate of drug-likeness (QED) is 0.838. The molecule has 0 bridgehead atoms. The molecule has 1 aromatic rings. The van der Waals surface area contributed by atoms with Crippen LogP contribution in [0.25, 0.3) is 0 Å². The predicted octanol–water partition coefficient (Wildman–Crippen LogP) is 3.79. The molecule has 1 saturated heterocycles. The van der Waals surface area contributed by atoms with E-state index < -0.39 is 0 Å². The van der Waals surface area contributed by atoms with E-state index in [9.17, 15) is 0 Å². The summed E-state index contributed by atoms with van der Waals surface area (Å²) < 4.78 is 0. The largest absolute Gasteiger partial charge is 0.371 e. The summed E-state index contributed by atoms with van der Waals surface area (Å²) in [6.07, 6.45) is 6.56. The van der Waals surface area contributed by atoms with Gasteiger partial charge in [-0.15, -0.1) is 0 Å². The Morgan fingerprint density at radius 1 is 1.12 bits per heavy atom. The van der Waals surface area contributed by atoms with Crippen LogP contribution in [0.15, 0.2) is 24.3 Å². The van der Waals surface area contributed by atoms with E-state index in [1.807, 2.05) is 0 Å². The lowest BCUT2D eigenvalue weighted by atomic mass is 10.1. The van der Waals surface area contributed by atoms with Crippen LogP contribution in [-0.2, 0) is 6.42 Å². The minimum atomic E-state index is 0. The van der Waals surface area contributed by atoms with Gasteiger partial charge >= 0.3 is 0 Å². The van der Waals surface area contributed by atoms with Gasteiger partial charge in [-0.3, -0.25) is 0 Å². The molecule has 2 rings (SSSR count). The Balaban J connectivity index is 0.00000128. The summed E-state index contributed by atoms with van der Waals surface area (Å²) in [5, 5.41) is 0. The molecule has 1 aromatic carbocycles. The van der Waals surface area contributed by atoms with E-state index >= 15 is 0 Å². The van der Waals surface area contributed by atoms with Gasteiger partial charge in [0, 0.05) is 18.8 Å². The lowest BCUT2D eigenvalue weighted by Crippen LogP contribution is -2.19. The van der Waals surface area contributed by atoms with Gasteiger partial charge < -0.3 is 11.1 Å². The molecule has 1 heterocycles. The van der Waals surface area contributed by atoms with Crippen molar-refractivity contribution >= 4 is 5.69 Å². The molecular formula is C14H24N2. The molecular weight excluding hydrogens is 196 g/mol. The van der Waals surface area contributed by atoms with Crippen LogP contribution < -0.4 is 11.1 Å². The van der Waals surface area contributed by atoms with Crippen molar-refractivity contribution in [3.05, 3.63) is 29.8 Å². The predicted molar refractivity (Wildman–Crippen MR) is 71.5 cm³/mol. The highest BCUT2D eigenvalue weighted by molar-refractivity contribution is 5.54. The fourth-order valence-electron chi connectivity index (χ4n) is 2.36. The van der Waals surface area contributed by atoms with E-state index in [-0.39, 0.29) is 6.15 Å². The highest BCUT2D eigenvalue weighted by Crippen LogP contribution is 2.25. The average Bonchev–Trinajstić information content (AvgIpc) is 2.80. The summed E-state index contributed by atoms with van der Waals surface area (Å²) in [5.74, 6) is 0. The third-order valence-electron chi connectivity index (χ3n) is 3.24. The molecule has 1 fully saturated rings. The Kier molecular flexibility index (Phi) is 5.33. The molecule has 16 heavy (non-hydrogen) atoms. The molecule has 1 aliphatic heterocycles. The van der Waals surface area contributed by atoms with Crippen molar-refractivity contribution in [2.75, 3.05) is 18.0 Å². The number of nitrogens with zero attached hydrogens (tertiary/aromatic N) is 1. The van der Waals surface area contributed by atoms with Gasteiger partial charge in [-0.1, -0.05) is 31.5 Å².